The molecule has 0 aromatic heterocycles. The number of hydrogen-bond acceptors (Lipinski definition) is 5. The molecule has 1 unspecified atom stereocenters. The Labute approximate surface area is 195 Å². The average Bonchev–Trinajstić information content (AvgIpc) is 2.63. The molecule has 2 N–H and O–H groups in total. The molecule has 0 saturated carbocycles. The number of ether oxygens (including phenoxy) is 2. The van der Waals surface area contributed by atoms with Gasteiger partial charge in [-0.25, -0.2) is 9.59 Å². The van der Waals surface area contributed by atoms with Gasteiger partial charge in [0.2, 0.25) is 0 Å². The number of alkyl carbamates (subject to hydrolysis) is 1. The van der Waals surface area contributed by atoms with Crippen molar-refractivity contribution in [3.05, 3.63) is 0 Å². The Morgan fingerprint density at radius 2 is 1.28 bits per heavy atom. The molecule has 7 heteroatoms. The molecule has 7 nitrogen and oxygen atoms in total. The van der Waals surface area contributed by atoms with Crippen LogP contribution in [0, 0.1) is 5.92 Å². The van der Waals surface area contributed by atoms with Crippen molar-refractivity contribution in [3.63, 3.8) is 0 Å². The maximum atomic E-state index is 12.3. The predicted octanol–water partition coefficient (Wildman–Crippen LogP) is 6.23. The first-order chi connectivity index (χ1) is 14.9. The fraction of sp³-hybridized carbons (Fsp3) is 0.880. The second kappa shape index (κ2) is 16.8. The van der Waals surface area contributed by atoms with Crippen LogP contribution in [0.5, 0.6) is 0 Å². The molecular weight excluding hydrogens is 410 g/mol. The van der Waals surface area contributed by atoms with E-state index < -0.39 is 35.8 Å². The van der Waals surface area contributed by atoms with Crippen LogP contribution < -0.4 is 5.32 Å². The summed E-state index contributed by atoms with van der Waals surface area (Å²) in [6.45, 7) is 11.2. The van der Waals surface area contributed by atoms with Crippen molar-refractivity contribution in [2.45, 2.75) is 136 Å². The molecule has 0 fully saturated rings. The molecule has 0 heterocycles. The zero-order valence-electron chi connectivity index (χ0n) is 21.2. The number of hydrogen-bond donors (Lipinski definition) is 2. The van der Waals surface area contributed by atoms with Gasteiger partial charge in [-0.05, 0) is 46.5 Å². The van der Waals surface area contributed by atoms with Gasteiger partial charge >= 0.3 is 18.0 Å². The van der Waals surface area contributed by atoms with Crippen molar-refractivity contribution in [3.8, 4) is 0 Å². The fourth-order valence-electron chi connectivity index (χ4n) is 3.37. The number of amides is 1. The first-order valence-electron chi connectivity index (χ1n) is 12.3. The number of rotatable bonds is 17. The van der Waals surface area contributed by atoms with Crippen LogP contribution in [0.4, 0.5) is 4.79 Å². The van der Waals surface area contributed by atoms with Gasteiger partial charge in [-0.15, -0.1) is 0 Å². The summed E-state index contributed by atoms with van der Waals surface area (Å²) in [5.41, 5.74) is -0.673. The lowest BCUT2D eigenvalue weighted by Gasteiger charge is -2.23. The Kier molecular flexibility index (Phi) is 15.8. The van der Waals surface area contributed by atoms with Crippen molar-refractivity contribution in [1.82, 2.24) is 5.32 Å². The van der Waals surface area contributed by atoms with Gasteiger partial charge in [0.25, 0.3) is 0 Å². The number of carbonyl (C=O) groups is 3. The van der Waals surface area contributed by atoms with Crippen LogP contribution in [0.15, 0.2) is 0 Å². The van der Waals surface area contributed by atoms with Gasteiger partial charge in [-0.1, -0.05) is 71.6 Å². The van der Waals surface area contributed by atoms with Crippen LogP contribution >= 0.6 is 0 Å². The molecule has 0 bridgehead atoms. The molecule has 32 heavy (non-hydrogen) atoms. The Hall–Kier alpha value is -1.79. The van der Waals surface area contributed by atoms with Crippen molar-refractivity contribution >= 4 is 18.0 Å². The van der Waals surface area contributed by atoms with Crippen LogP contribution in [-0.4, -0.2) is 40.9 Å². The van der Waals surface area contributed by atoms with Crippen LogP contribution in [-0.2, 0) is 19.1 Å². The van der Waals surface area contributed by atoms with Crippen LogP contribution in [0.2, 0.25) is 0 Å². The Morgan fingerprint density at radius 1 is 0.812 bits per heavy atom. The second-order valence-corrected chi connectivity index (χ2v) is 10.2. The summed E-state index contributed by atoms with van der Waals surface area (Å²) in [6.07, 6.45) is 10.8. The van der Waals surface area contributed by atoms with E-state index in [0.717, 1.165) is 25.2 Å². The molecule has 2 atom stereocenters. The van der Waals surface area contributed by atoms with E-state index in [9.17, 15) is 14.4 Å². The number of carboxylic acids is 1. The van der Waals surface area contributed by atoms with Crippen LogP contribution in [0.3, 0.4) is 0 Å². The monoisotopic (exact) mass is 457 g/mol. The van der Waals surface area contributed by atoms with E-state index >= 15 is 0 Å². The molecule has 0 aromatic carbocycles. The number of aliphatic carboxylic acids is 1. The van der Waals surface area contributed by atoms with Gasteiger partial charge in [-0.2, -0.15) is 0 Å². The van der Waals surface area contributed by atoms with E-state index in [0.29, 0.717) is 6.42 Å². The number of unbranched alkanes of at least 4 members (excludes halogenated alkanes) is 8. The maximum Gasteiger partial charge on any atom is 0.408 e. The van der Waals surface area contributed by atoms with E-state index in [2.05, 4.69) is 19.2 Å². The normalized spacial score (nSPS) is 13.5. The SMILES string of the molecule is CC(C)CCCCCCCCCCCC(CC(=O)O)OC(=O)[C@H](C)NC(=O)OC(C)(C)C. The fourth-order valence-corrected chi connectivity index (χ4v) is 3.37. The average molecular weight is 458 g/mol. The number of nitrogens with one attached hydrogen (secondary N) is 1. The largest absolute Gasteiger partial charge is 0.481 e. The quantitative estimate of drug-likeness (QED) is 0.198. The lowest BCUT2D eigenvalue weighted by atomic mass is 10.0. The molecule has 188 valence electrons. The summed E-state index contributed by atoms with van der Waals surface area (Å²) in [4.78, 5) is 35.2. The molecule has 0 spiro atoms. The van der Waals surface area contributed by atoms with E-state index in [1.165, 1.54) is 51.9 Å². The van der Waals surface area contributed by atoms with Gasteiger partial charge < -0.3 is 19.9 Å². The molecule has 0 radical (unpaired) electrons. The minimum absolute atomic E-state index is 0.235. The summed E-state index contributed by atoms with van der Waals surface area (Å²) in [5, 5.41) is 11.5. The van der Waals surface area contributed by atoms with E-state index in [1.807, 2.05) is 0 Å². The third kappa shape index (κ3) is 18.9. The zero-order valence-corrected chi connectivity index (χ0v) is 21.2. The molecule has 0 rings (SSSR count). The molecular formula is C25H47NO6. The minimum atomic E-state index is -1.01. The first kappa shape index (κ1) is 30.2. The number of carboxylic acid groups (broad SMARTS) is 1. The summed E-state index contributed by atoms with van der Waals surface area (Å²) in [5.74, 6) is -0.865. The van der Waals surface area contributed by atoms with E-state index in [-0.39, 0.29) is 6.42 Å². The lowest BCUT2D eigenvalue weighted by Crippen LogP contribution is -2.43. The second-order valence-electron chi connectivity index (χ2n) is 10.2. The van der Waals surface area contributed by atoms with Crippen LogP contribution in [0.1, 0.15) is 119 Å². The molecule has 1 amide bonds. The van der Waals surface area contributed by atoms with Gasteiger partial charge in [-0.3, -0.25) is 4.79 Å². The smallest absolute Gasteiger partial charge is 0.408 e. The molecule has 0 aliphatic rings. The van der Waals surface area contributed by atoms with E-state index in [1.54, 1.807) is 20.8 Å². The standard InChI is InChI=1S/C25H47NO6/c1-19(2)16-14-12-10-8-7-9-11-13-15-17-21(18-22(27)28)31-23(29)20(3)26-24(30)32-25(4,5)6/h19-21H,7-18H2,1-6H3,(H,26,30)(H,27,28)/t20-,21?/m0/s1. The van der Waals surface area contributed by atoms with Crippen molar-refractivity contribution < 1.29 is 29.0 Å². The third-order valence-corrected chi connectivity index (χ3v) is 5.08. The molecule has 0 aliphatic heterocycles. The predicted molar refractivity (Wildman–Crippen MR) is 127 cm³/mol. The Morgan fingerprint density at radius 3 is 1.72 bits per heavy atom. The molecule has 0 aromatic rings. The highest BCUT2D eigenvalue weighted by molar-refractivity contribution is 5.81. The lowest BCUT2D eigenvalue weighted by molar-refractivity contribution is -0.155. The minimum Gasteiger partial charge on any atom is -0.481 e. The topological polar surface area (TPSA) is 102 Å². The molecule has 0 aliphatic carbocycles. The highest BCUT2D eigenvalue weighted by Gasteiger charge is 2.25. The van der Waals surface area contributed by atoms with Crippen LogP contribution in [0.25, 0.3) is 0 Å². The van der Waals surface area contributed by atoms with Gasteiger partial charge in [0, 0.05) is 0 Å². The molecule has 0 saturated heterocycles. The summed E-state index contributed by atoms with van der Waals surface area (Å²) < 4.78 is 10.5. The van der Waals surface area contributed by atoms with Gasteiger partial charge in [0.05, 0.1) is 6.42 Å². The summed E-state index contributed by atoms with van der Waals surface area (Å²) >= 11 is 0. The van der Waals surface area contributed by atoms with Crippen molar-refractivity contribution in [1.29, 1.82) is 0 Å². The zero-order chi connectivity index (χ0) is 24.6. The third-order valence-electron chi connectivity index (χ3n) is 5.08. The Bertz CT molecular complexity index is 541. The highest BCUT2D eigenvalue weighted by Crippen LogP contribution is 2.16. The van der Waals surface area contributed by atoms with Gasteiger partial charge in [0.1, 0.15) is 17.7 Å². The summed E-state index contributed by atoms with van der Waals surface area (Å²) in [6, 6.07) is -0.915. The summed E-state index contributed by atoms with van der Waals surface area (Å²) in [7, 11) is 0. The van der Waals surface area contributed by atoms with Crippen molar-refractivity contribution in [2.24, 2.45) is 5.92 Å². The number of esters is 1. The van der Waals surface area contributed by atoms with Crippen molar-refractivity contribution in [2.75, 3.05) is 0 Å². The van der Waals surface area contributed by atoms with E-state index in [4.69, 9.17) is 14.6 Å². The Balaban J connectivity index is 4.10. The first-order valence-corrected chi connectivity index (χ1v) is 12.3. The van der Waals surface area contributed by atoms with Gasteiger partial charge in [0.15, 0.2) is 0 Å². The highest BCUT2D eigenvalue weighted by atomic mass is 16.6. The number of carbonyl (C=O) groups excluding carboxylic acids is 2. The maximum absolute atomic E-state index is 12.3.